The molecule has 4 nitrogen and oxygen atoms in total. The van der Waals surface area contributed by atoms with E-state index in [1.165, 1.54) is 7.11 Å². The van der Waals surface area contributed by atoms with Crippen LogP contribution >= 0.6 is 0 Å². The Balaban J connectivity index is 1.66. The summed E-state index contributed by atoms with van der Waals surface area (Å²) in [6.07, 6.45) is 0.417. The molecule has 5 atom stereocenters. The van der Waals surface area contributed by atoms with E-state index < -0.39 is 0 Å². The van der Waals surface area contributed by atoms with Gasteiger partial charge in [0.2, 0.25) is 0 Å². The Morgan fingerprint density at radius 2 is 2.38 bits per heavy atom. The lowest BCUT2D eigenvalue weighted by atomic mass is 10.1. The van der Waals surface area contributed by atoms with Crippen molar-refractivity contribution in [2.24, 2.45) is 17.8 Å². The summed E-state index contributed by atoms with van der Waals surface area (Å²) in [7, 11) is 1.37. The third kappa shape index (κ3) is 0.839. The molecule has 70 valence electrons. The molecule has 3 aliphatic rings. The van der Waals surface area contributed by atoms with Gasteiger partial charge < -0.3 is 9.47 Å². The molecule has 3 fully saturated rings. The highest BCUT2D eigenvalue weighted by Gasteiger charge is 2.75. The first kappa shape index (κ1) is 7.50. The maximum Gasteiger partial charge on any atom is 0.305 e. The lowest BCUT2D eigenvalue weighted by Crippen LogP contribution is -2.12. The number of carbonyl (C=O) groups is 2. The van der Waals surface area contributed by atoms with Crippen molar-refractivity contribution in [1.82, 2.24) is 0 Å². The van der Waals surface area contributed by atoms with E-state index in [1.807, 2.05) is 0 Å². The van der Waals surface area contributed by atoms with Gasteiger partial charge in [-0.05, 0) is 5.92 Å². The number of hydrogen-bond acceptors (Lipinski definition) is 4. The average molecular weight is 182 g/mol. The van der Waals surface area contributed by atoms with E-state index in [2.05, 4.69) is 4.74 Å². The van der Waals surface area contributed by atoms with E-state index in [9.17, 15) is 9.59 Å². The molecular formula is C9H10O4. The minimum absolute atomic E-state index is 0.108. The summed E-state index contributed by atoms with van der Waals surface area (Å²) in [5, 5.41) is 0. The van der Waals surface area contributed by atoms with E-state index in [1.54, 1.807) is 0 Å². The van der Waals surface area contributed by atoms with Crippen molar-refractivity contribution in [3.8, 4) is 0 Å². The molecule has 2 aliphatic carbocycles. The fraction of sp³-hybridized carbons (Fsp3) is 0.778. The third-order valence-electron chi connectivity index (χ3n) is 3.37. The zero-order valence-corrected chi connectivity index (χ0v) is 7.23. The second kappa shape index (κ2) is 2.12. The van der Waals surface area contributed by atoms with Crippen LogP contribution in [0.25, 0.3) is 0 Å². The second-order valence-electron chi connectivity index (χ2n) is 3.97. The van der Waals surface area contributed by atoms with Crippen LogP contribution in [-0.4, -0.2) is 31.1 Å². The van der Waals surface area contributed by atoms with Crippen LogP contribution < -0.4 is 0 Å². The van der Waals surface area contributed by atoms with Gasteiger partial charge in [0.15, 0.2) is 5.78 Å². The summed E-state index contributed by atoms with van der Waals surface area (Å²) in [6, 6.07) is 0. The van der Waals surface area contributed by atoms with Crippen LogP contribution in [-0.2, 0) is 19.1 Å². The van der Waals surface area contributed by atoms with Crippen molar-refractivity contribution in [1.29, 1.82) is 0 Å². The predicted molar refractivity (Wildman–Crippen MR) is 40.8 cm³/mol. The number of ether oxygens (including phenoxy) is 2. The highest BCUT2D eigenvalue weighted by Crippen LogP contribution is 2.64. The Morgan fingerprint density at radius 3 is 2.92 bits per heavy atom. The van der Waals surface area contributed by atoms with Gasteiger partial charge in [0.25, 0.3) is 0 Å². The number of carbonyl (C=O) groups excluding carboxylic acids is 2. The molecule has 13 heavy (non-hydrogen) atoms. The molecule has 0 amide bonds. The fourth-order valence-electron chi connectivity index (χ4n) is 2.62. The largest absolute Gasteiger partial charge is 0.469 e. The maximum atomic E-state index is 11.4. The molecule has 1 unspecified atom stereocenters. The Bertz CT molecular complexity index is 298. The molecule has 1 heterocycles. The molecule has 0 bridgehead atoms. The lowest BCUT2D eigenvalue weighted by Gasteiger charge is -1.98. The molecule has 4 heteroatoms. The number of Topliss-reactive ketones (excluding diaryl/α,β-unsaturated/α-hetero) is 1. The topological polar surface area (TPSA) is 55.9 Å². The van der Waals surface area contributed by atoms with Crippen molar-refractivity contribution in [3.63, 3.8) is 0 Å². The standard InChI is InChI=1S/C9H10O4/c1-12-4(10)2-3-5-6(3)8-9(13-8)7(5)11/h3,5-6,8-9H,2H2,1H3/t3-,5-,6+,8-,9?/m1/s1. The van der Waals surface area contributed by atoms with Crippen LogP contribution in [0.1, 0.15) is 6.42 Å². The average Bonchev–Trinajstić information content (AvgIpc) is 2.94. The van der Waals surface area contributed by atoms with Crippen LogP contribution in [0.3, 0.4) is 0 Å². The van der Waals surface area contributed by atoms with Gasteiger partial charge in [-0.25, -0.2) is 0 Å². The first-order chi connectivity index (χ1) is 6.24. The summed E-state index contributed by atoms with van der Waals surface area (Å²) >= 11 is 0. The summed E-state index contributed by atoms with van der Waals surface area (Å²) in [6.45, 7) is 0. The zero-order valence-electron chi connectivity index (χ0n) is 7.23. The Hall–Kier alpha value is -0.900. The molecule has 0 spiro atoms. The van der Waals surface area contributed by atoms with Crippen molar-refractivity contribution >= 4 is 11.8 Å². The minimum atomic E-state index is -0.218. The molecule has 1 aliphatic heterocycles. The highest BCUT2D eigenvalue weighted by atomic mass is 16.6. The van der Waals surface area contributed by atoms with Crippen molar-refractivity contribution < 1.29 is 19.1 Å². The molecule has 0 aromatic heterocycles. The van der Waals surface area contributed by atoms with Crippen molar-refractivity contribution in [2.75, 3.05) is 7.11 Å². The number of hydrogen-bond donors (Lipinski definition) is 0. The first-order valence-corrected chi connectivity index (χ1v) is 4.50. The summed E-state index contributed by atoms with van der Waals surface area (Å²) in [4.78, 5) is 22.3. The molecule has 1 saturated heterocycles. The van der Waals surface area contributed by atoms with Gasteiger partial charge >= 0.3 is 5.97 Å². The summed E-state index contributed by atoms with van der Waals surface area (Å²) < 4.78 is 9.72. The number of ketones is 1. The smallest absolute Gasteiger partial charge is 0.305 e. The molecule has 0 radical (unpaired) electrons. The Labute approximate surface area is 75.2 Å². The number of rotatable bonds is 2. The monoisotopic (exact) mass is 182 g/mol. The quantitative estimate of drug-likeness (QED) is 0.437. The van der Waals surface area contributed by atoms with Crippen LogP contribution in [0.4, 0.5) is 0 Å². The number of epoxide rings is 1. The number of fused-ring (bicyclic) bond motifs is 3. The zero-order chi connectivity index (χ0) is 9.16. The normalized spacial score (nSPS) is 49.6. The van der Waals surface area contributed by atoms with Crippen LogP contribution in [0.15, 0.2) is 0 Å². The van der Waals surface area contributed by atoms with E-state index in [0.717, 1.165) is 0 Å². The van der Waals surface area contributed by atoms with E-state index in [4.69, 9.17) is 4.74 Å². The lowest BCUT2D eigenvalue weighted by molar-refractivity contribution is -0.141. The summed E-state index contributed by atoms with van der Waals surface area (Å²) in [5.74, 6) is 0.649. The fourth-order valence-corrected chi connectivity index (χ4v) is 2.62. The molecule has 0 aromatic rings. The summed E-state index contributed by atoms with van der Waals surface area (Å²) in [5.41, 5.74) is 0. The van der Waals surface area contributed by atoms with Gasteiger partial charge in [0.05, 0.1) is 13.2 Å². The number of esters is 1. The third-order valence-corrected chi connectivity index (χ3v) is 3.37. The van der Waals surface area contributed by atoms with E-state index in [-0.39, 0.29) is 35.8 Å². The highest BCUT2D eigenvalue weighted by molar-refractivity contribution is 5.95. The second-order valence-corrected chi connectivity index (χ2v) is 3.97. The molecule has 0 aromatic carbocycles. The van der Waals surface area contributed by atoms with Crippen LogP contribution in [0, 0.1) is 17.8 Å². The van der Waals surface area contributed by atoms with E-state index in [0.29, 0.717) is 12.3 Å². The molecule has 2 saturated carbocycles. The molecular weight excluding hydrogens is 172 g/mol. The van der Waals surface area contributed by atoms with Crippen LogP contribution in [0.5, 0.6) is 0 Å². The minimum Gasteiger partial charge on any atom is -0.469 e. The maximum absolute atomic E-state index is 11.4. The van der Waals surface area contributed by atoms with Crippen molar-refractivity contribution in [3.05, 3.63) is 0 Å². The van der Waals surface area contributed by atoms with Crippen LogP contribution in [0.2, 0.25) is 0 Å². The Morgan fingerprint density at radius 1 is 1.62 bits per heavy atom. The van der Waals surface area contributed by atoms with Gasteiger partial charge in [-0.2, -0.15) is 0 Å². The van der Waals surface area contributed by atoms with E-state index >= 15 is 0 Å². The van der Waals surface area contributed by atoms with Gasteiger partial charge in [0, 0.05) is 18.3 Å². The SMILES string of the molecule is COC(=O)C[C@@H]1[C@H]2C(=O)C3O[C@@H]3[C@@H]12. The van der Waals surface area contributed by atoms with Gasteiger partial charge in [-0.3, -0.25) is 9.59 Å². The Kier molecular flexibility index (Phi) is 1.22. The van der Waals surface area contributed by atoms with Gasteiger partial charge in [-0.15, -0.1) is 0 Å². The van der Waals surface area contributed by atoms with Gasteiger partial charge in [-0.1, -0.05) is 0 Å². The molecule has 3 rings (SSSR count). The van der Waals surface area contributed by atoms with Crippen molar-refractivity contribution in [2.45, 2.75) is 18.6 Å². The molecule has 0 N–H and O–H groups in total. The predicted octanol–water partition coefficient (Wildman–Crippen LogP) is -0.238. The van der Waals surface area contributed by atoms with Gasteiger partial charge in [0.1, 0.15) is 6.10 Å². The number of methoxy groups -OCH3 is 1. The first-order valence-electron chi connectivity index (χ1n) is 4.50.